The van der Waals surface area contributed by atoms with Crippen LogP contribution in [0.4, 0.5) is 0 Å². The van der Waals surface area contributed by atoms with Crippen molar-refractivity contribution in [1.82, 2.24) is 16.0 Å². The zero-order valence-corrected chi connectivity index (χ0v) is 27.6. The van der Waals surface area contributed by atoms with Crippen LogP contribution in [-0.2, 0) is 4.79 Å². The second kappa shape index (κ2) is 21.6. The van der Waals surface area contributed by atoms with Crippen LogP contribution in [0.2, 0.25) is 0 Å². The predicted molar refractivity (Wildman–Crippen MR) is 179 cm³/mol. The van der Waals surface area contributed by atoms with Gasteiger partial charge in [0.2, 0.25) is 0 Å². The largest absolute Gasteiger partial charge is 0.380 e. The first-order valence-corrected chi connectivity index (χ1v) is 16.3. The number of nitrogens with one attached hydrogen (secondary N) is 3. The van der Waals surface area contributed by atoms with Crippen molar-refractivity contribution in [2.75, 3.05) is 33.4 Å². The van der Waals surface area contributed by atoms with Crippen LogP contribution in [0.25, 0.3) is 0 Å². The van der Waals surface area contributed by atoms with E-state index in [0.717, 1.165) is 94.2 Å². The van der Waals surface area contributed by atoms with Gasteiger partial charge in [-0.3, -0.25) is 9.79 Å². The zero-order chi connectivity index (χ0) is 30.6. The molecule has 41 heavy (non-hydrogen) atoms. The molecular formula is C35H63N5O. The van der Waals surface area contributed by atoms with Gasteiger partial charge in [0, 0.05) is 25.0 Å². The Morgan fingerprint density at radius 2 is 1.78 bits per heavy atom. The van der Waals surface area contributed by atoms with Gasteiger partial charge in [0.15, 0.2) is 0 Å². The SMILES string of the molecule is C=C(/C=C(NC/C=C(\CC)CNCC(=O)C1CCCCC(N)CC1)/C(=N/CNC)C(/CCC(C)C)=C(\C)CC)CC. The number of nitrogens with two attached hydrogens (primary N) is 1. The second-order valence-corrected chi connectivity index (χ2v) is 12.1. The summed E-state index contributed by atoms with van der Waals surface area (Å²) in [5.74, 6) is 1.13. The molecule has 1 fully saturated rings. The average molecular weight is 570 g/mol. The number of aliphatic imine (C=N–C) groups is 1. The molecule has 0 aromatic rings. The molecule has 1 aliphatic carbocycles. The summed E-state index contributed by atoms with van der Waals surface area (Å²) in [6.45, 7) is 20.1. The molecule has 6 heteroatoms. The van der Waals surface area contributed by atoms with E-state index in [1.54, 1.807) is 0 Å². The number of Topliss-reactive ketones (excluding diaryl/α,β-unsaturated/α-hetero) is 1. The van der Waals surface area contributed by atoms with Crippen LogP contribution < -0.4 is 21.7 Å². The van der Waals surface area contributed by atoms with Crippen LogP contribution in [0.1, 0.15) is 112 Å². The maximum Gasteiger partial charge on any atom is 0.149 e. The van der Waals surface area contributed by atoms with Crippen molar-refractivity contribution in [3.05, 3.63) is 46.7 Å². The van der Waals surface area contributed by atoms with Crippen LogP contribution >= 0.6 is 0 Å². The molecule has 0 saturated heterocycles. The maximum atomic E-state index is 12.9. The molecule has 2 unspecified atom stereocenters. The number of ketones is 1. The lowest BCUT2D eigenvalue weighted by Gasteiger charge is -2.22. The van der Waals surface area contributed by atoms with Gasteiger partial charge in [-0.2, -0.15) is 0 Å². The Kier molecular flexibility index (Phi) is 19.5. The van der Waals surface area contributed by atoms with E-state index in [0.29, 0.717) is 31.5 Å². The fraction of sp³-hybridized carbons (Fsp3) is 0.714. The van der Waals surface area contributed by atoms with Gasteiger partial charge in [-0.1, -0.05) is 76.8 Å². The molecule has 0 aromatic heterocycles. The number of allylic oxidation sites excluding steroid dienone is 4. The summed E-state index contributed by atoms with van der Waals surface area (Å²) < 4.78 is 0. The third-order valence-corrected chi connectivity index (χ3v) is 8.26. The van der Waals surface area contributed by atoms with E-state index in [9.17, 15) is 4.79 Å². The van der Waals surface area contributed by atoms with Crippen molar-refractivity contribution in [2.45, 2.75) is 118 Å². The van der Waals surface area contributed by atoms with Crippen molar-refractivity contribution in [1.29, 1.82) is 0 Å². The Morgan fingerprint density at radius 1 is 1.05 bits per heavy atom. The van der Waals surface area contributed by atoms with Gasteiger partial charge >= 0.3 is 0 Å². The van der Waals surface area contributed by atoms with E-state index in [4.69, 9.17) is 10.7 Å². The van der Waals surface area contributed by atoms with Crippen LogP contribution in [0.3, 0.4) is 0 Å². The third-order valence-electron chi connectivity index (χ3n) is 8.26. The summed E-state index contributed by atoms with van der Waals surface area (Å²) in [5, 5.41) is 10.3. The Balaban J connectivity index is 2.99. The van der Waals surface area contributed by atoms with E-state index in [1.807, 2.05) is 7.05 Å². The van der Waals surface area contributed by atoms with Crippen LogP contribution in [-0.4, -0.2) is 50.9 Å². The third kappa shape index (κ3) is 15.1. The summed E-state index contributed by atoms with van der Waals surface area (Å²) >= 11 is 0. The number of hydrogen-bond donors (Lipinski definition) is 4. The predicted octanol–water partition coefficient (Wildman–Crippen LogP) is 7.00. The first-order valence-electron chi connectivity index (χ1n) is 16.3. The molecule has 0 aliphatic heterocycles. The molecule has 1 aliphatic rings. The summed E-state index contributed by atoms with van der Waals surface area (Å²) in [6.07, 6.45) is 15.7. The highest BCUT2D eigenvalue weighted by atomic mass is 16.1. The molecule has 1 saturated carbocycles. The Bertz CT molecular complexity index is 912. The molecule has 5 N–H and O–H groups in total. The number of hydrogen-bond acceptors (Lipinski definition) is 6. The van der Waals surface area contributed by atoms with Crippen molar-refractivity contribution in [3.63, 3.8) is 0 Å². The van der Waals surface area contributed by atoms with Gasteiger partial charge in [0.05, 0.1) is 24.6 Å². The Morgan fingerprint density at radius 3 is 2.41 bits per heavy atom. The van der Waals surface area contributed by atoms with E-state index in [-0.39, 0.29) is 12.0 Å². The first-order chi connectivity index (χ1) is 19.7. The number of rotatable bonds is 19. The number of nitrogens with zero attached hydrogens (tertiary/aromatic N) is 1. The van der Waals surface area contributed by atoms with Crippen molar-refractivity contribution >= 4 is 11.5 Å². The van der Waals surface area contributed by atoms with Crippen molar-refractivity contribution < 1.29 is 4.79 Å². The minimum absolute atomic E-state index is 0.156. The van der Waals surface area contributed by atoms with Crippen LogP contribution in [0.5, 0.6) is 0 Å². The van der Waals surface area contributed by atoms with Gasteiger partial charge < -0.3 is 21.7 Å². The smallest absolute Gasteiger partial charge is 0.149 e. The molecule has 0 spiro atoms. The minimum atomic E-state index is 0.156. The lowest BCUT2D eigenvalue weighted by molar-refractivity contribution is -0.122. The highest BCUT2D eigenvalue weighted by Gasteiger charge is 2.21. The summed E-state index contributed by atoms with van der Waals surface area (Å²) in [6, 6.07) is 0.255. The van der Waals surface area contributed by atoms with Crippen molar-refractivity contribution in [2.24, 2.45) is 22.6 Å². The Labute approximate surface area is 252 Å². The van der Waals surface area contributed by atoms with Crippen LogP contribution in [0.15, 0.2) is 51.7 Å². The van der Waals surface area contributed by atoms with Gasteiger partial charge in [-0.05, 0) is 89.3 Å². The quantitative estimate of drug-likeness (QED) is 0.0764. The normalized spacial score (nSPS) is 20.0. The molecule has 0 radical (unpaired) electrons. The molecule has 0 amide bonds. The molecule has 2 atom stereocenters. The van der Waals surface area contributed by atoms with Gasteiger partial charge in [0.25, 0.3) is 0 Å². The fourth-order valence-corrected chi connectivity index (χ4v) is 5.15. The maximum absolute atomic E-state index is 12.9. The number of carbonyl (C=O) groups is 1. The standard InChI is InChI=1S/C35H63N5O/c1-9-27(6)22-33(35(40-25-37-8)32(28(7)10-2)19-16-26(4)5)39-21-20-29(11-3)23-38-24-34(41)30-14-12-13-15-31(36)18-17-30/h20,22,26,30-31,37-39H,6,9-19,21,23-25,36H2,1-5,7-8H3/b29-20+,32-28+,33-22-,40-35+. The average Bonchev–Trinajstić information content (AvgIpc) is 2.94. The van der Waals surface area contributed by atoms with E-state index in [2.05, 4.69) is 76.2 Å². The van der Waals surface area contributed by atoms with Gasteiger partial charge in [-0.25, -0.2) is 0 Å². The molecule has 0 bridgehead atoms. The lowest BCUT2D eigenvalue weighted by Crippen LogP contribution is -2.32. The monoisotopic (exact) mass is 570 g/mol. The molecular weight excluding hydrogens is 506 g/mol. The number of carbonyl (C=O) groups excluding carboxylic acids is 1. The Hall–Kier alpha value is -2.02. The summed E-state index contributed by atoms with van der Waals surface area (Å²) in [4.78, 5) is 17.9. The van der Waals surface area contributed by atoms with Crippen LogP contribution in [0, 0.1) is 11.8 Å². The van der Waals surface area contributed by atoms with E-state index in [1.165, 1.54) is 16.7 Å². The van der Waals surface area contributed by atoms with Gasteiger partial charge in [-0.15, -0.1) is 0 Å². The first kappa shape index (κ1) is 37.0. The highest BCUT2D eigenvalue weighted by molar-refractivity contribution is 6.12. The molecule has 0 heterocycles. The van der Waals surface area contributed by atoms with Crippen molar-refractivity contribution in [3.8, 4) is 0 Å². The second-order valence-electron chi connectivity index (χ2n) is 12.1. The molecule has 1 rings (SSSR count). The summed E-state index contributed by atoms with van der Waals surface area (Å²) in [5.41, 5.74) is 13.4. The lowest BCUT2D eigenvalue weighted by atomic mass is 9.86. The highest BCUT2D eigenvalue weighted by Crippen LogP contribution is 2.24. The molecule has 234 valence electrons. The topological polar surface area (TPSA) is 91.5 Å². The molecule has 0 aromatic carbocycles. The van der Waals surface area contributed by atoms with E-state index < -0.39 is 0 Å². The zero-order valence-electron chi connectivity index (χ0n) is 27.6. The van der Waals surface area contributed by atoms with Gasteiger partial charge in [0.1, 0.15) is 5.78 Å². The minimum Gasteiger partial charge on any atom is -0.380 e. The summed E-state index contributed by atoms with van der Waals surface area (Å²) in [7, 11) is 1.94. The van der Waals surface area contributed by atoms with E-state index >= 15 is 0 Å². The fourth-order valence-electron chi connectivity index (χ4n) is 5.15. The molecule has 6 nitrogen and oxygen atoms in total.